The number of amides is 1. The fraction of sp³-hybridized carbons (Fsp3) is 0.250. The zero-order valence-corrected chi connectivity index (χ0v) is 19.2. The van der Waals surface area contributed by atoms with E-state index in [1.54, 1.807) is 4.57 Å². The van der Waals surface area contributed by atoms with Gasteiger partial charge in [0.05, 0.1) is 7.11 Å². The number of imidazole rings is 1. The third kappa shape index (κ3) is 4.56. The first-order valence-corrected chi connectivity index (χ1v) is 10.9. The van der Waals surface area contributed by atoms with Gasteiger partial charge in [0.2, 0.25) is 11.7 Å². The molecule has 4 aromatic rings. The Balaban J connectivity index is 1.80. The van der Waals surface area contributed by atoms with Gasteiger partial charge in [-0.15, -0.1) is 10.2 Å². The summed E-state index contributed by atoms with van der Waals surface area (Å²) in [5.41, 5.74) is 3.65. The van der Waals surface area contributed by atoms with Crippen LogP contribution < -0.4 is 5.32 Å². The van der Waals surface area contributed by atoms with Crippen LogP contribution in [0.4, 0.5) is 5.82 Å². The average molecular weight is 460 g/mol. The Labute approximate surface area is 196 Å². The molecule has 0 radical (unpaired) electrons. The molecule has 174 valence electrons. The molecule has 0 bridgehead atoms. The Hall–Kier alpha value is -4.34. The highest BCUT2D eigenvalue weighted by molar-refractivity contribution is 5.99. The smallest absolute Gasteiger partial charge is 0.358 e. The molecule has 0 fully saturated rings. The van der Waals surface area contributed by atoms with Crippen molar-refractivity contribution in [3.05, 3.63) is 60.0 Å². The maximum atomic E-state index is 12.7. The number of H-pyrrole nitrogens is 1. The monoisotopic (exact) mass is 459 g/mol. The maximum Gasteiger partial charge on any atom is 0.358 e. The third-order valence-electron chi connectivity index (χ3n) is 5.32. The number of anilines is 1. The zero-order chi connectivity index (χ0) is 24.1. The highest BCUT2D eigenvalue weighted by Crippen LogP contribution is 2.31. The van der Waals surface area contributed by atoms with E-state index in [1.165, 1.54) is 14.0 Å². The van der Waals surface area contributed by atoms with Gasteiger partial charge in [-0.25, -0.2) is 9.78 Å². The van der Waals surface area contributed by atoms with Gasteiger partial charge in [-0.2, -0.15) is 5.21 Å². The third-order valence-corrected chi connectivity index (χ3v) is 5.32. The minimum atomic E-state index is -0.578. The number of hydrogen-bond donors (Lipinski definition) is 2. The SMILES string of the molecule is CCCCc1nc(NC(C)=O)c(C(=O)OC)n1-c1ccc(-c2ccccc2-c2nn[nH]n2)cc1. The number of tetrazole rings is 1. The van der Waals surface area contributed by atoms with E-state index >= 15 is 0 Å². The number of esters is 1. The van der Waals surface area contributed by atoms with Gasteiger partial charge in [-0.1, -0.05) is 49.7 Å². The van der Waals surface area contributed by atoms with Gasteiger partial charge in [0, 0.05) is 24.6 Å². The van der Waals surface area contributed by atoms with Crippen LogP contribution in [0.25, 0.3) is 28.2 Å². The van der Waals surface area contributed by atoms with Crippen molar-refractivity contribution in [2.24, 2.45) is 0 Å². The highest BCUT2D eigenvalue weighted by atomic mass is 16.5. The van der Waals surface area contributed by atoms with E-state index in [1.807, 2.05) is 48.5 Å². The molecule has 2 N–H and O–H groups in total. The summed E-state index contributed by atoms with van der Waals surface area (Å²) >= 11 is 0. The van der Waals surface area contributed by atoms with E-state index in [-0.39, 0.29) is 17.4 Å². The van der Waals surface area contributed by atoms with Crippen LogP contribution in [0.5, 0.6) is 0 Å². The summed E-state index contributed by atoms with van der Waals surface area (Å²) in [7, 11) is 1.31. The Morgan fingerprint density at radius 2 is 1.82 bits per heavy atom. The molecule has 0 aliphatic heterocycles. The summed E-state index contributed by atoms with van der Waals surface area (Å²) in [6, 6.07) is 15.5. The molecule has 2 aromatic heterocycles. The van der Waals surface area contributed by atoms with Gasteiger partial charge in [-0.05, 0) is 34.9 Å². The molecule has 2 aromatic carbocycles. The van der Waals surface area contributed by atoms with Crippen LogP contribution in [0.2, 0.25) is 0 Å². The number of aromatic nitrogens is 6. The van der Waals surface area contributed by atoms with Crippen LogP contribution in [0.3, 0.4) is 0 Å². The number of unbranched alkanes of at least 4 members (excludes halogenated alkanes) is 1. The number of methoxy groups -OCH3 is 1. The Kier molecular flexibility index (Phi) is 6.77. The number of ether oxygens (including phenoxy) is 1. The number of aryl methyl sites for hydroxylation is 1. The maximum absolute atomic E-state index is 12.7. The second kappa shape index (κ2) is 10.1. The molecule has 0 unspecified atom stereocenters. The number of hydrogen-bond acceptors (Lipinski definition) is 7. The minimum Gasteiger partial charge on any atom is -0.464 e. The first-order chi connectivity index (χ1) is 16.5. The molecule has 0 atom stereocenters. The lowest BCUT2D eigenvalue weighted by molar-refractivity contribution is -0.114. The summed E-state index contributed by atoms with van der Waals surface area (Å²) in [6.45, 7) is 3.46. The number of carbonyl (C=O) groups excluding carboxylic acids is 2. The van der Waals surface area contributed by atoms with E-state index < -0.39 is 5.97 Å². The van der Waals surface area contributed by atoms with Crippen molar-refractivity contribution < 1.29 is 14.3 Å². The summed E-state index contributed by atoms with van der Waals surface area (Å²) in [4.78, 5) is 29.0. The number of rotatable bonds is 8. The molecule has 0 aliphatic rings. The molecule has 10 nitrogen and oxygen atoms in total. The highest BCUT2D eigenvalue weighted by Gasteiger charge is 2.25. The lowest BCUT2D eigenvalue weighted by Crippen LogP contribution is -2.15. The molecular weight excluding hydrogens is 434 g/mol. The Morgan fingerprint density at radius 3 is 2.44 bits per heavy atom. The lowest BCUT2D eigenvalue weighted by atomic mass is 9.99. The molecule has 4 rings (SSSR count). The summed E-state index contributed by atoms with van der Waals surface area (Å²) in [6.07, 6.45) is 2.48. The van der Waals surface area contributed by atoms with Crippen LogP contribution in [0.15, 0.2) is 48.5 Å². The predicted molar refractivity (Wildman–Crippen MR) is 126 cm³/mol. The van der Waals surface area contributed by atoms with Crippen molar-refractivity contribution in [1.29, 1.82) is 0 Å². The normalized spacial score (nSPS) is 10.8. The fourth-order valence-corrected chi connectivity index (χ4v) is 3.78. The number of carbonyl (C=O) groups is 2. The van der Waals surface area contributed by atoms with Gasteiger partial charge in [0.1, 0.15) is 5.82 Å². The molecule has 0 saturated carbocycles. The van der Waals surface area contributed by atoms with Crippen LogP contribution in [-0.2, 0) is 16.0 Å². The molecule has 0 saturated heterocycles. The topological polar surface area (TPSA) is 128 Å². The van der Waals surface area contributed by atoms with Crippen LogP contribution in [0.1, 0.15) is 43.0 Å². The zero-order valence-electron chi connectivity index (χ0n) is 19.2. The van der Waals surface area contributed by atoms with Crippen LogP contribution in [0, 0.1) is 0 Å². The Morgan fingerprint density at radius 1 is 1.09 bits per heavy atom. The number of nitrogens with one attached hydrogen (secondary N) is 2. The number of aromatic amines is 1. The van der Waals surface area contributed by atoms with Gasteiger partial charge in [-0.3, -0.25) is 9.36 Å². The summed E-state index contributed by atoms with van der Waals surface area (Å²) in [5.74, 6) is 0.475. The second-order valence-corrected chi connectivity index (χ2v) is 7.66. The van der Waals surface area contributed by atoms with Crippen molar-refractivity contribution in [1.82, 2.24) is 30.2 Å². The van der Waals surface area contributed by atoms with Crippen molar-refractivity contribution in [3.63, 3.8) is 0 Å². The van der Waals surface area contributed by atoms with Gasteiger partial charge >= 0.3 is 5.97 Å². The predicted octanol–water partition coefficient (Wildman–Crippen LogP) is 3.81. The molecule has 2 heterocycles. The van der Waals surface area contributed by atoms with E-state index in [0.717, 1.165) is 35.2 Å². The molecule has 0 aliphatic carbocycles. The first-order valence-electron chi connectivity index (χ1n) is 10.9. The molecule has 34 heavy (non-hydrogen) atoms. The molecule has 0 spiro atoms. The standard InChI is InChI=1S/C24H25N7O3/c1-4-5-10-20-26-23(25-15(2)32)21(24(33)34-3)31(20)17-13-11-16(12-14-17)18-8-6-7-9-19(18)22-27-29-30-28-22/h6-9,11-14H,4-5,10H2,1-3H3,(H,25,32)(H,27,28,29,30). The quantitative estimate of drug-likeness (QED) is 0.384. The summed E-state index contributed by atoms with van der Waals surface area (Å²) in [5, 5.41) is 17.0. The number of benzene rings is 2. The van der Waals surface area contributed by atoms with Gasteiger partial charge < -0.3 is 10.1 Å². The van der Waals surface area contributed by atoms with E-state index in [9.17, 15) is 9.59 Å². The second-order valence-electron chi connectivity index (χ2n) is 7.66. The molecular formula is C24H25N7O3. The first kappa shape index (κ1) is 22.8. The molecule has 10 heteroatoms. The lowest BCUT2D eigenvalue weighted by Gasteiger charge is -2.13. The van der Waals surface area contributed by atoms with Gasteiger partial charge in [0.25, 0.3) is 0 Å². The van der Waals surface area contributed by atoms with Gasteiger partial charge in [0.15, 0.2) is 11.5 Å². The van der Waals surface area contributed by atoms with E-state index in [2.05, 4.69) is 37.8 Å². The summed E-state index contributed by atoms with van der Waals surface area (Å²) < 4.78 is 6.77. The van der Waals surface area contributed by atoms with E-state index in [4.69, 9.17) is 4.74 Å². The van der Waals surface area contributed by atoms with Crippen molar-refractivity contribution in [3.8, 4) is 28.2 Å². The van der Waals surface area contributed by atoms with Crippen molar-refractivity contribution in [2.45, 2.75) is 33.1 Å². The van der Waals surface area contributed by atoms with Crippen molar-refractivity contribution in [2.75, 3.05) is 12.4 Å². The molecule has 1 amide bonds. The van der Waals surface area contributed by atoms with E-state index in [0.29, 0.717) is 18.1 Å². The van der Waals surface area contributed by atoms with Crippen LogP contribution >= 0.6 is 0 Å². The minimum absolute atomic E-state index is 0.184. The average Bonchev–Trinajstić information content (AvgIpc) is 3.50. The Bertz CT molecular complexity index is 1290. The van der Waals surface area contributed by atoms with Crippen molar-refractivity contribution >= 4 is 17.7 Å². The fourth-order valence-electron chi connectivity index (χ4n) is 3.78. The number of nitrogens with zero attached hydrogens (tertiary/aromatic N) is 5. The largest absolute Gasteiger partial charge is 0.464 e. The van der Waals surface area contributed by atoms with Crippen LogP contribution in [-0.4, -0.2) is 49.2 Å².